The van der Waals surface area contributed by atoms with Gasteiger partial charge in [0.1, 0.15) is 12.8 Å². The van der Waals surface area contributed by atoms with Gasteiger partial charge < -0.3 is 19.6 Å². The average molecular weight is 305 g/mol. The first-order valence-electron chi connectivity index (χ1n) is 6.89. The standard InChI is InChI=1S/C15H19N3O4/c1-10(2)11-5-6-13(14(7-11)21-4)22-9-12-8-16-15(17(12)3)18(19)20/h5-8,10H,9H2,1-4H3. The fraction of sp³-hybridized carbons (Fsp3) is 0.400. The van der Waals surface area contributed by atoms with E-state index in [4.69, 9.17) is 9.47 Å². The predicted octanol–water partition coefficient (Wildman–Crippen LogP) is 3.04. The molecule has 7 nitrogen and oxygen atoms in total. The third-order valence-corrected chi connectivity index (χ3v) is 3.45. The van der Waals surface area contributed by atoms with Crippen molar-refractivity contribution in [3.8, 4) is 11.5 Å². The van der Waals surface area contributed by atoms with Gasteiger partial charge >= 0.3 is 5.95 Å². The van der Waals surface area contributed by atoms with E-state index < -0.39 is 4.92 Å². The van der Waals surface area contributed by atoms with E-state index in [-0.39, 0.29) is 12.6 Å². The molecule has 7 heteroatoms. The molecule has 0 fully saturated rings. The minimum Gasteiger partial charge on any atom is -0.493 e. The van der Waals surface area contributed by atoms with Crippen LogP contribution in [0, 0.1) is 10.1 Å². The minimum absolute atomic E-state index is 0.175. The summed E-state index contributed by atoms with van der Waals surface area (Å²) in [6, 6.07) is 5.76. The Morgan fingerprint density at radius 3 is 2.64 bits per heavy atom. The molecule has 0 radical (unpaired) electrons. The highest BCUT2D eigenvalue weighted by molar-refractivity contribution is 5.43. The van der Waals surface area contributed by atoms with Crippen LogP contribution in [-0.4, -0.2) is 21.6 Å². The van der Waals surface area contributed by atoms with E-state index in [0.717, 1.165) is 5.56 Å². The lowest BCUT2D eigenvalue weighted by Crippen LogP contribution is -2.05. The summed E-state index contributed by atoms with van der Waals surface area (Å²) in [6.45, 7) is 4.38. The second-order valence-corrected chi connectivity index (χ2v) is 5.22. The molecule has 0 atom stereocenters. The van der Waals surface area contributed by atoms with E-state index in [9.17, 15) is 10.1 Å². The molecule has 0 aliphatic rings. The highest BCUT2D eigenvalue weighted by Crippen LogP contribution is 2.31. The lowest BCUT2D eigenvalue weighted by Gasteiger charge is -2.13. The summed E-state index contributed by atoms with van der Waals surface area (Å²) >= 11 is 0. The number of methoxy groups -OCH3 is 1. The molecule has 0 aliphatic heterocycles. The van der Waals surface area contributed by atoms with E-state index in [1.165, 1.54) is 10.8 Å². The summed E-state index contributed by atoms with van der Waals surface area (Å²) < 4.78 is 12.5. The van der Waals surface area contributed by atoms with E-state index in [1.54, 1.807) is 14.2 Å². The number of imidazole rings is 1. The Morgan fingerprint density at radius 1 is 1.36 bits per heavy atom. The van der Waals surface area contributed by atoms with Gasteiger partial charge in [-0.25, -0.2) is 4.57 Å². The lowest BCUT2D eigenvalue weighted by molar-refractivity contribution is -0.396. The maximum absolute atomic E-state index is 10.8. The number of nitrogens with zero attached hydrogens (tertiary/aromatic N) is 3. The van der Waals surface area contributed by atoms with Crippen LogP contribution in [0.5, 0.6) is 11.5 Å². The first-order valence-corrected chi connectivity index (χ1v) is 6.89. The maximum Gasteiger partial charge on any atom is 0.434 e. The monoisotopic (exact) mass is 305 g/mol. The van der Waals surface area contributed by atoms with Gasteiger partial charge in [-0.05, 0) is 28.5 Å². The van der Waals surface area contributed by atoms with Gasteiger partial charge in [-0.3, -0.25) is 0 Å². The fourth-order valence-electron chi connectivity index (χ4n) is 2.05. The number of benzene rings is 1. The zero-order valence-corrected chi connectivity index (χ0v) is 13.1. The second-order valence-electron chi connectivity index (χ2n) is 5.22. The highest BCUT2D eigenvalue weighted by atomic mass is 16.6. The van der Waals surface area contributed by atoms with Crippen LogP contribution in [0.25, 0.3) is 0 Å². The molecular weight excluding hydrogens is 286 g/mol. The van der Waals surface area contributed by atoms with Crippen LogP contribution in [0.4, 0.5) is 5.95 Å². The first-order chi connectivity index (χ1) is 10.4. The zero-order chi connectivity index (χ0) is 16.3. The van der Waals surface area contributed by atoms with Gasteiger partial charge in [-0.2, -0.15) is 0 Å². The molecule has 0 unspecified atom stereocenters. The number of hydrogen-bond donors (Lipinski definition) is 0. The lowest BCUT2D eigenvalue weighted by atomic mass is 10.0. The van der Waals surface area contributed by atoms with Crippen molar-refractivity contribution in [2.75, 3.05) is 7.11 Å². The summed E-state index contributed by atoms with van der Waals surface area (Å²) in [6.07, 6.45) is 1.44. The number of hydrogen-bond acceptors (Lipinski definition) is 5. The second kappa shape index (κ2) is 6.46. The van der Waals surface area contributed by atoms with E-state index in [2.05, 4.69) is 18.8 Å². The Balaban J connectivity index is 2.16. The molecule has 0 saturated carbocycles. The van der Waals surface area contributed by atoms with Crippen molar-refractivity contribution in [1.82, 2.24) is 9.55 Å². The molecule has 2 aromatic rings. The zero-order valence-electron chi connectivity index (χ0n) is 13.1. The SMILES string of the molecule is COc1cc(C(C)C)ccc1OCc1cnc([N+](=O)[O-])n1C. The normalized spacial score (nSPS) is 10.8. The predicted molar refractivity (Wildman–Crippen MR) is 81.3 cm³/mol. The van der Waals surface area contributed by atoms with E-state index in [0.29, 0.717) is 23.1 Å². The molecule has 1 aromatic heterocycles. The van der Waals surface area contributed by atoms with Gasteiger partial charge in [0.2, 0.25) is 0 Å². The van der Waals surface area contributed by atoms with E-state index in [1.807, 2.05) is 18.2 Å². The smallest absolute Gasteiger partial charge is 0.434 e. The number of ether oxygens (including phenoxy) is 2. The van der Waals surface area contributed by atoms with Crippen LogP contribution >= 0.6 is 0 Å². The average Bonchev–Trinajstić information content (AvgIpc) is 2.86. The van der Waals surface area contributed by atoms with E-state index >= 15 is 0 Å². The fourth-order valence-corrected chi connectivity index (χ4v) is 2.05. The molecule has 118 valence electrons. The van der Waals surface area contributed by atoms with Crippen molar-refractivity contribution in [3.05, 3.63) is 45.8 Å². The largest absolute Gasteiger partial charge is 0.493 e. The van der Waals surface area contributed by atoms with Crippen LogP contribution < -0.4 is 9.47 Å². The molecule has 1 heterocycles. The van der Waals surface area contributed by atoms with Crippen molar-refractivity contribution in [1.29, 1.82) is 0 Å². The number of aromatic nitrogens is 2. The molecule has 0 bridgehead atoms. The summed E-state index contributed by atoms with van der Waals surface area (Å²) in [5.74, 6) is 1.42. The molecule has 0 saturated heterocycles. The van der Waals surface area contributed by atoms with Crippen molar-refractivity contribution >= 4 is 5.95 Å². The first kappa shape index (κ1) is 15.8. The van der Waals surface area contributed by atoms with Crippen molar-refractivity contribution < 1.29 is 14.4 Å². The highest BCUT2D eigenvalue weighted by Gasteiger charge is 2.18. The van der Waals surface area contributed by atoms with Crippen LogP contribution in [0.2, 0.25) is 0 Å². The molecule has 0 aliphatic carbocycles. The Kier molecular flexibility index (Phi) is 4.65. The van der Waals surface area contributed by atoms with Crippen LogP contribution in [0.1, 0.15) is 31.0 Å². The number of nitro groups is 1. The number of rotatable bonds is 6. The van der Waals surface area contributed by atoms with Gasteiger partial charge in [0.25, 0.3) is 0 Å². The van der Waals surface area contributed by atoms with Crippen LogP contribution in [0.15, 0.2) is 24.4 Å². The Labute approximate surface area is 128 Å². The van der Waals surface area contributed by atoms with Gasteiger partial charge in [-0.1, -0.05) is 24.9 Å². The molecule has 22 heavy (non-hydrogen) atoms. The maximum atomic E-state index is 10.8. The van der Waals surface area contributed by atoms with Gasteiger partial charge in [0.15, 0.2) is 17.2 Å². The molecule has 2 rings (SSSR count). The van der Waals surface area contributed by atoms with Crippen molar-refractivity contribution in [2.24, 2.45) is 7.05 Å². The van der Waals surface area contributed by atoms with Gasteiger partial charge in [0, 0.05) is 0 Å². The van der Waals surface area contributed by atoms with Crippen molar-refractivity contribution in [3.63, 3.8) is 0 Å². The summed E-state index contributed by atoms with van der Waals surface area (Å²) in [5.41, 5.74) is 1.77. The topological polar surface area (TPSA) is 79.4 Å². The van der Waals surface area contributed by atoms with Gasteiger partial charge in [0.05, 0.1) is 14.2 Å². The Hall–Kier alpha value is -2.57. The summed E-state index contributed by atoms with van der Waals surface area (Å²) in [7, 11) is 3.17. The van der Waals surface area contributed by atoms with Crippen LogP contribution in [-0.2, 0) is 13.7 Å². The Morgan fingerprint density at radius 2 is 2.09 bits per heavy atom. The minimum atomic E-state index is -0.526. The van der Waals surface area contributed by atoms with Crippen LogP contribution in [0.3, 0.4) is 0 Å². The molecule has 0 amide bonds. The summed E-state index contributed by atoms with van der Waals surface area (Å²) in [4.78, 5) is 14.0. The third kappa shape index (κ3) is 3.19. The molecule has 0 N–H and O–H groups in total. The Bertz CT molecular complexity index is 679. The van der Waals surface area contributed by atoms with Gasteiger partial charge in [-0.15, -0.1) is 0 Å². The quantitative estimate of drug-likeness (QED) is 0.605. The van der Waals surface area contributed by atoms with Crippen molar-refractivity contribution in [2.45, 2.75) is 26.4 Å². The molecular formula is C15H19N3O4. The third-order valence-electron chi connectivity index (χ3n) is 3.45. The summed E-state index contributed by atoms with van der Waals surface area (Å²) in [5, 5.41) is 10.8. The molecule has 0 spiro atoms. The molecule has 1 aromatic carbocycles.